The van der Waals surface area contributed by atoms with Gasteiger partial charge in [-0.25, -0.2) is 4.39 Å². The van der Waals surface area contributed by atoms with E-state index < -0.39 is 10.7 Å². The van der Waals surface area contributed by atoms with Gasteiger partial charge in [-0.2, -0.15) is 0 Å². The second-order valence-corrected chi connectivity index (χ2v) is 9.06. The first-order chi connectivity index (χ1) is 16.3. The number of rotatable bonds is 6. The highest BCUT2D eigenvalue weighted by atomic mass is 19.1. The first kappa shape index (κ1) is 23.7. The van der Waals surface area contributed by atoms with Gasteiger partial charge in [0.25, 0.3) is 11.6 Å². The fraction of sp³-hybridized carbons (Fsp3) is 0.440. The first-order valence-corrected chi connectivity index (χ1v) is 11.6. The van der Waals surface area contributed by atoms with E-state index in [1.54, 1.807) is 30.0 Å². The van der Waals surface area contributed by atoms with Gasteiger partial charge in [-0.05, 0) is 43.5 Å². The van der Waals surface area contributed by atoms with Gasteiger partial charge in [0.15, 0.2) is 0 Å². The van der Waals surface area contributed by atoms with Crippen LogP contribution in [-0.2, 0) is 4.79 Å². The van der Waals surface area contributed by atoms with Gasteiger partial charge < -0.3 is 19.5 Å². The Morgan fingerprint density at radius 3 is 2.41 bits per heavy atom. The molecule has 9 heteroatoms. The van der Waals surface area contributed by atoms with Crippen molar-refractivity contribution in [2.75, 3.05) is 42.5 Å². The lowest BCUT2D eigenvalue weighted by atomic mass is 10.0. The molecule has 0 saturated carbocycles. The van der Waals surface area contributed by atoms with Gasteiger partial charge in [0.1, 0.15) is 12.1 Å². The van der Waals surface area contributed by atoms with Gasteiger partial charge in [-0.15, -0.1) is 0 Å². The number of nitrogens with zero attached hydrogens (tertiary/aromatic N) is 4. The lowest BCUT2D eigenvalue weighted by Gasteiger charge is -2.37. The van der Waals surface area contributed by atoms with Crippen LogP contribution in [0.4, 0.5) is 21.5 Å². The lowest BCUT2D eigenvalue weighted by molar-refractivity contribution is -0.384. The Morgan fingerprint density at radius 1 is 1.12 bits per heavy atom. The molecule has 1 amide bonds. The molecule has 2 saturated heterocycles. The Labute approximate surface area is 198 Å². The maximum Gasteiger partial charge on any atom is 0.270 e. The first-order valence-electron chi connectivity index (χ1n) is 11.6. The number of non-ortho nitro benzene ring substituents is 1. The third kappa shape index (κ3) is 4.60. The van der Waals surface area contributed by atoms with E-state index in [9.17, 15) is 24.1 Å². The van der Waals surface area contributed by atoms with Crippen molar-refractivity contribution < 1.29 is 18.9 Å². The molecule has 0 aromatic heterocycles. The summed E-state index contributed by atoms with van der Waals surface area (Å²) in [4.78, 5) is 41.1. The largest absolute Gasteiger partial charge is 0.368 e. The molecule has 2 atom stereocenters. The predicted octanol–water partition coefficient (Wildman–Crippen LogP) is 3.99. The monoisotopic (exact) mass is 468 g/mol. The van der Waals surface area contributed by atoms with E-state index in [2.05, 4.69) is 11.8 Å². The summed E-state index contributed by atoms with van der Waals surface area (Å²) in [6.07, 6.45) is 2.81. The van der Waals surface area contributed by atoms with Crippen molar-refractivity contribution in [3.8, 4) is 0 Å². The van der Waals surface area contributed by atoms with Crippen molar-refractivity contribution in [1.82, 2.24) is 4.90 Å². The van der Waals surface area contributed by atoms with E-state index in [0.29, 0.717) is 43.0 Å². The van der Waals surface area contributed by atoms with Crippen molar-refractivity contribution >= 4 is 29.3 Å². The van der Waals surface area contributed by atoms with Crippen LogP contribution in [0, 0.1) is 15.9 Å². The second kappa shape index (κ2) is 9.79. The molecular weight excluding hydrogens is 439 g/mol. The SMILES string of the molecule is CC(C=O)c1ccc(N2CCN(C(=O)c3cc([N+](=O)[O-])ccc3N3CCCC3C)CC2)c(F)c1. The zero-order valence-corrected chi connectivity index (χ0v) is 19.4. The third-order valence-electron chi connectivity index (χ3n) is 6.89. The average molecular weight is 469 g/mol. The second-order valence-electron chi connectivity index (χ2n) is 9.06. The van der Waals surface area contributed by atoms with Crippen LogP contribution in [-0.4, -0.2) is 60.8 Å². The minimum absolute atomic E-state index is 0.107. The molecule has 180 valence electrons. The van der Waals surface area contributed by atoms with E-state index in [4.69, 9.17) is 0 Å². The Morgan fingerprint density at radius 2 is 1.82 bits per heavy atom. The molecule has 0 radical (unpaired) electrons. The van der Waals surface area contributed by atoms with Gasteiger partial charge in [0, 0.05) is 56.8 Å². The molecule has 2 aromatic carbocycles. The number of piperazine rings is 1. The fourth-order valence-corrected chi connectivity index (χ4v) is 4.81. The summed E-state index contributed by atoms with van der Waals surface area (Å²) in [6.45, 7) is 6.26. The number of amides is 1. The van der Waals surface area contributed by atoms with Gasteiger partial charge in [0.05, 0.1) is 21.9 Å². The normalized spacial score (nSPS) is 19.3. The predicted molar refractivity (Wildman–Crippen MR) is 128 cm³/mol. The topological polar surface area (TPSA) is 87.0 Å². The molecule has 0 spiro atoms. The van der Waals surface area contributed by atoms with E-state index >= 15 is 0 Å². The van der Waals surface area contributed by atoms with Crippen LogP contribution in [0.3, 0.4) is 0 Å². The standard InChI is InChI=1S/C25H29FN4O4/c1-17(16-31)19-5-7-24(22(26)14-19)27-10-12-28(13-11-27)25(32)21-15-20(30(33)34)6-8-23(21)29-9-3-4-18(29)2/h5-8,14-18H,3-4,9-13H2,1-2H3. The average Bonchev–Trinajstić information content (AvgIpc) is 3.28. The van der Waals surface area contributed by atoms with Crippen LogP contribution in [0.5, 0.6) is 0 Å². The molecule has 2 fully saturated rings. The zero-order valence-electron chi connectivity index (χ0n) is 19.4. The lowest BCUT2D eigenvalue weighted by Crippen LogP contribution is -2.49. The maximum atomic E-state index is 14.7. The van der Waals surface area contributed by atoms with Crippen LogP contribution in [0.2, 0.25) is 0 Å². The summed E-state index contributed by atoms with van der Waals surface area (Å²) in [7, 11) is 0. The Bertz CT molecular complexity index is 1100. The number of hydrogen-bond donors (Lipinski definition) is 0. The number of carbonyl (C=O) groups excluding carboxylic acids is 2. The summed E-state index contributed by atoms with van der Waals surface area (Å²) < 4.78 is 14.7. The van der Waals surface area contributed by atoms with Crippen LogP contribution in [0.1, 0.15) is 48.5 Å². The summed E-state index contributed by atoms with van der Waals surface area (Å²) in [5.41, 5.74) is 2.03. The number of hydrogen-bond acceptors (Lipinski definition) is 6. The summed E-state index contributed by atoms with van der Waals surface area (Å²) in [6, 6.07) is 9.59. The Kier molecular flexibility index (Phi) is 6.81. The molecule has 8 nitrogen and oxygen atoms in total. The third-order valence-corrected chi connectivity index (χ3v) is 6.89. The molecule has 4 rings (SSSR count). The summed E-state index contributed by atoms with van der Waals surface area (Å²) in [5.74, 6) is -1.01. The Hall–Kier alpha value is -3.49. The van der Waals surface area contributed by atoms with Crippen LogP contribution >= 0.6 is 0 Å². The van der Waals surface area contributed by atoms with Crippen molar-refractivity contribution in [3.05, 3.63) is 63.5 Å². The van der Waals surface area contributed by atoms with E-state index in [1.807, 2.05) is 4.90 Å². The van der Waals surface area contributed by atoms with Crippen molar-refractivity contribution in [3.63, 3.8) is 0 Å². The molecule has 2 aliphatic heterocycles. The van der Waals surface area contributed by atoms with Gasteiger partial charge >= 0.3 is 0 Å². The smallest absolute Gasteiger partial charge is 0.270 e. The zero-order chi connectivity index (χ0) is 24.4. The van der Waals surface area contributed by atoms with E-state index in [1.165, 1.54) is 18.2 Å². The quantitative estimate of drug-likeness (QED) is 0.362. The fourth-order valence-electron chi connectivity index (χ4n) is 4.81. The van der Waals surface area contributed by atoms with Crippen molar-refractivity contribution in [1.29, 1.82) is 0 Å². The number of anilines is 2. The van der Waals surface area contributed by atoms with Gasteiger partial charge in [-0.3, -0.25) is 14.9 Å². The number of carbonyl (C=O) groups is 2. The molecule has 2 heterocycles. The van der Waals surface area contributed by atoms with Gasteiger partial charge in [-0.1, -0.05) is 13.0 Å². The summed E-state index contributed by atoms with van der Waals surface area (Å²) in [5, 5.41) is 11.4. The minimum atomic E-state index is -0.482. The number of nitro benzene ring substituents is 1. The molecule has 34 heavy (non-hydrogen) atoms. The van der Waals surface area contributed by atoms with Crippen molar-refractivity contribution in [2.24, 2.45) is 0 Å². The highest BCUT2D eigenvalue weighted by Gasteiger charge is 2.30. The van der Waals surface area contributed by atoms with Crippen molar-refractivity contribution in [2.45, 2.75) is 38.6 Å². The van der Waals surface area contributed by atoms with Gasteiger partial charge in [0.2, 0.25) is 0 Å². The maximum absolute atomic E-state index is 14.7. The van der Waals surface area contributed by atoms with Crippen LogP contribution in [0.15, 0.2) is 36.4 Å². The van der Waals surface area contributed by atoms with Crippen LogP contribution < -0.4 is 9.80 Å². The molecule has 0 aliphatic carbocycles. The molecular formula is C25H29FN4O4. The van der Waals surface area contributed by atoms with Crippen LogP contribution in [0.25, 0.3) is 0 Å². The summed E-state index contributed by atoms with van der Waals surface area (Å²) >= 11 is 0. The minimum Gasteiger partial charge on any atom is -0.368 e. The number of halogens is 1. The van der Waals surface area contributed by atoms with E-state index in [0.717, 1.165) is 31.4 Å². The highest BCUT2D eigenvalue weighted by Crippen LogP contribution is 2.32. The number of nitro groups is 1. The molecule has 2 aliphatic rings. The number of aldehydes is 1. The molecule has 0 N–H and O–H groups in total. The highest BCUT2D eigenvalue weighted by molar-refractivity contribution is 6.00. The molecule has 0 bridgehead atoms. The Balaban J connectivity index is 1.52. The number of benzene rings is 2. The van der Waals surface area contributed by atoms with E-state index in [-0.39, 0.29) is 23.6 Å². The molecule has 2 aromatic rings. The molecule has 2 unspecified atom stereocenters.